The molecular weight excluding hydrogens is 264 g/mol. The molecule has 0 spiro atoms. The van der Waals surface area contributed by atoms with E-state index in [0.717, 1.165) is 16.9 Å². The molecular formula is C18H16O3. The van der Waals surface area contributed by atoms with Crippen LogP contribution < -0.4 is 4.74 Å². The van der Waals surface area contributed by atoms with E-state index < -0.39 is 6.10 Å². The molecule has 0 fully saturated rings. The molecule has 1 aromatic heterocycles. The Balaban J connectivity index is 1.71. The zero-order chi connectivity index (χ0) is 14.5. The number of hydrogen-bond acceptors (Lipinski definition) is 3. The molecule has 106 valence electrons. The number of rotatable bonds is 5. The SMILES string of the molecule is OC(c1cccc(OCc2ccccc2)c1)c1ccco1. The summed E-state index contributed by atoms with van der Waals surface area (Å²) >= 11 is 0. The predicted octanol–water partition coefficient (Wildman–Crippen LogP) is 3.94. The van der Waals surface area contributed by atoms with Gasteiger partial charge in [0.25, 0.3) is 0 Å². The van der Waals surface area contributed by atoms with Crippen molar-refractivity contribution in [2.45, 2.75) is 12.7 Å². The summed E-state index contributed by atoms with van der Waals surface area (Å²) in [5, 5.41) is 10.2. The molecule has 1 atom stereocenters. The molecule has 3 nitrogen and oxygen atoms in total. The first-order valence-electron chi connectivity index (χ1n) is 6.81. The average molecular weight is 280 g/mol. The lowest BCUT2D eigenvalue weighted by Crippen LogP contribution is -2.00. The van der Waals surface area contributed by atoms with E-state index in [2.05, 4.69) is 0 Å². The van der Waals surface area contributed by atoms with Gasteiger partial charge in [-0.3, -0.25) is 0 Å². The highest BCUT2D eigenvalue weighted by molar-refractivity contribution is 5.33. The van der Waals surface area contributed by atoms with Crippen LogP contribution in [0.3, 0.4) is 0 Å². The van der Waals surface area contributed by atoms with E-state index in [4.69, 9.17) is 9.15 Å². The Hall–Kier alpha value is -2.52. The van der Waals surface area contributed by atoms with Crippen LogP contribution in [0.15, 0.2) is 77.4 Å². The van der Waals surface area contributed by atoms with Crippen LogP contribution >= 0.6 is 0 Å². The predicted molar refractivity (Wildman–Crippen MR) is 80.0 cm³/mol. The standard InChI is InChI=1S/C18H16O3/c19-18(17-10-5-11-20-17)15-8-4-9-16(12-15)21-13-14-6-2-1-3-7-14/h1-12,18-19H,13H2. The summed E-state index contributed by atoms with van der Waals surface area (Å²) in [7, 11) is 0. The Morgan fingerprint density at radius 3 is 2.57 bits per heavy atom. The Morgan fingerprint density at radius 2 is 1.81 bits per heavy atom. The summed E-state index contributed by atoms with van der Waals surface area (Å²) < 4.78 is 11.0. The normalized spacial score (nSPS) is 12.0. The van der Waals surface area contributed by atoms with Gasteiger partial charge in [-0.15, -0.1) is 0 Å². The van der Waals surface area contributed by atoms with Crippen LogP contribution in [0, 0.1) is 0 Å². The summed E-state index contributed by atoms with van der Waals surface area (Å²) in [6, 6.07) is 20.9. The summed E-state index contributed by atoms with van der Waals surface area (Å²) in [5.41, 5.74) is 1.85. The van der Waals surface area contributed by atoms with E-state index in [0.29, 0.717) is 12.4 Å². The first-order chi connectivity index (χ1) is 10.3. The molecule has 0 saturated carbocycles. The number of benzene rings is 2. The third-order valence-corrected chi connectivity index (χ3v) is 3.23. The largest absolute Gasteiger partial charge is 0.489 e. The van der Waals surface area contributed by atoms with Crippen molar-refractivity contribution in [2.75, 3.05) is 0 Å². The van der Waals surface area contributed by atoms with E-state index in [1.807, 2.05) is 54.6 Å². The van der Waals surface area contributed by atoms with Crippen molar-refractivity contribution in [3.05, 3.63) is 89.9 Å². The molecule has 3 aromatic rings. The summed E-state index contributed by atoms with van der Waals surface area (Å²) in [6.45, 7) is 0.501. The second-order valence-electron chi connectivity index (χ2n) is 4.76. The monoisotopic (exact) mass is 280 g/mol. The quantitative estimate of drug-likeness (QED) is 0.769. The minimum atomic E-state index is -0.778. The molecule has 0 saturated heterocycles. The van der Waals surface area contributed by atoms with Gasteiger partial charge in [0.15, 0.2) is 0 Å². The fourth-order valence-corrected chi connectivity index (χ4v) is 2.13. The highest BCUT2D eigenvalue weighted by atomic mass is 16.5. The summed E-state index contributed by atoms with van der Waals surface area (Å²) in [4.78, 5) is 0. The number of furan rings is 1. The third-order valence-electron chi connectivity index (χ3n) is 3.23. The van der Waals surface area contributed by atoms with E-state index in [1.165, 1.54) is 0 Å². The van der Waals surface area contributed by atoms with E-state index in [-0.39, 0.29) is 0 Å². The Bertz CT molecular complexity index is 675. The second kappa shape index (κ2) is 6.29. The zero-order valence-corrected chi connectivity index (χ0v) is 11.5. The minimum Gasteiger partial charge on any atom is -0.489 e. The third kappa shape index (κ3) is 3.33. The van der Waals surface area contributed by atoms with E-state index in [1.54, 1.807) is 18.4 Å². The first kappa shape index (κ1) is 13.5. The minimum absolute atomic E-state index is 0.501. The molecule has 0 radical (unpaired) electrons. The fourth-order valence-electron chi connectivity index (χ4n) is 2.13. The average Bonchev–Trinajstić information content (AvgIpc) is 3.08. The number of aliphatic hydroxyl groups excluding tert-OH is 1. The summed E-state index contributed by atoms with van der Waals surface area (Å²) in [6.07, 6.45) is 0.772. The fraction of sp³-hybridized carbons (Fsp3) is 0.111. The molecule has 0 aliphatic rings. The van der Waals surface area contributed by atoms with Gasteiger partial charge >= 0.3 is 0 Å². The van der Waals surface area contributed by atoms with Crippen molar-refractivity contribution in [3.63, 3.8) is 0 Å². The highest BCUT2D eigenvalue weighted by Gasteiger charge is 2.13. The molecule has 0 bridgehead atoms. The van der Waals surface area contributed by atoms with Gasteiger partial charge in [-0.05, 0) is 35.4 Å². The number of ether oxygens (including phenoxy) is 1. The van der Waals surface area contributed by atoms with Crippen LogP contribution in [0.5, 0.6) is 5.75 Å². The van der Waals surface area contributed by atoms with Gasteiger partial charge in [0, 0.05) is 0 Å². The topological polar surface area (TPSA) is 42.6 Å². The van der Waals surface area contributed by atoms with Gasteiger partial charge in [-0.1, -0.05) is 42.5 Å². The Kier molecular flexibility index (Phi) is 4.03. The molecule has 1 N–H and O–H groups in total. The number of hydrogen-bond donors (Lipinski definition) is 1. The molecule has 0 aliphatic heterocycles. The molecule has 0 amide bonds. The van der Waals surface area contributed by atoms with Crippen molar-refractivity contribution in [3.8, 4) is 5.75 Å². The summed E-state index contributed by atoms with van der Waals surface area (Å²) in [5.74, 6) is 1.25. The highest BCUT2D eigenvalue weighted by Crippen LogP contribution is 2.25. The first-order valence-corrected chi connectivity index (χ1v) is 6.81. The maximum Gasteiger partial charge on any atom is 0.137 e. The van der Waals surface area contributed by atoms with Gasteiger partial charge in [-0.25, -0.2) is 0 Å². The molecule has 3 heteroatoms. The lowest BCUT2D eigenvalue weighted by molar-refractivity contribution is 0.188. The van der Waals surface area contributed by atoms with Crippen molar-refractivity contribution in [2.24, 2.45) is 0 Å². The molecule has 21 heavy (non-hydrogen) atoms. The van der Waals surface area contributed by atoms with Crippen LogP contribution in [-0.4, -0.2) is 5.11 Å². The van der Waals surface area contributed by atoms with Crippen molar-refractivity contribution >= 4 is 0 Å². The molecule has 3 rings (SSSR count). The molecule has 1 heterocycles. The number of aliphatic hydroxyl groups is 1. The molecule has 2 aromatic carbocycles. The lowest BCUT2D eigenvalue weighted by atomic mass is 10.1. The van der Waals surface area contributed by atoms with Gasteiger partial charge in [-0.2, -0.15) is 0 Å². The molecule has 1 unspecified atom stereocenters. The Labute approximate surface area is 123 Å². The maximum absolute atomic E-state index is 10.2. The maximum atomic E-state index is 10.2. The van der Waals surface area contributed by atoms with Crippen LogP contribution in [0.25, 0.3) is 0 Å². The smallest absolute Gasteiger partial charge is 0.137 e. The van der Waals surface area contributed by atoms with E-state index >= 15 is 0 Å². The van der Waals surface area contributed by atoms with Crippen LogP contribution in [-0.2, 0) is 6.61 Å². The second-order valence-corrected chi connectivity index (χ2v) is 4.76. The van der Waals surface area contributed by atoms with Crippen molar-refractivity contribution < 1.29 is 14.3 Å². The van der Waals surface area contributed by atoms with Gasteiger partial charge in [0.05, 0.1) is 6.26 Å². The lowest BCUT2D eigenvalue weighted by Gasteiger charge is -2.11. The van der Waals surface area contributed by atoms with Crippen LogP contribution in [0.1, 0.15) is 23.0 Å². The Morgan fingerprint density at radius 1 is 0.952 bits per heavy atom. The van der Waals surface area contributed by atoms with Gasteiger partial charge in [0.2, 0.25) is 0 Å². The van der Waals surface area contributed by atoms with Crippen molar-refractivity contribution in [1.82, 2.24) is 0 Å². The van der Waals surface area contributed by atoms with Gasteiger partial charge < -0.3 is 14.3 Å². The van der Waals surface area contributed by atoms with Crippen LogP contribution in [0.4, 0.5) is 0 Å². The van der Waals surface area contributed by atoms with Crippen molar-refractivity contribution in [1.29, 1.82) is 0 Å². The zero-order valence-electron chi connectivity index (χ0n) is 11.5. The van der Waals surface area contributed by atoms with Crippen LogP contribution in [0.2, 0.25) is 0 Å². The van der Waals surface area contributed by atoms with E-state index in [9.17, 15) is 5.11 Å². The van der Waals surface area contributed by atoms with Gasteiger partial charge in [0.1, 0.15) is 24.2 Å². The molecule has 0 aliphatic carbocycles.